The van der Waals surface area contributed by atoms with Crippen molar-refractivity contribution in [2.45, 2.75) is 125 Å². The molecule has 4 saturated carbocycles. The van der Waals surface area contributed by atoms with E-state index in [0.29, 0.717) is 41.4 Å². The molecule has 3 nitrogen and oxygen atoms in total. The van der Waals surface area contributed by atoms with E-state index in [1.165, 1.54) is 38.5 Å². The predicted molar refractivity (Wildman–Crippen MR) is 131 cm³/mol. The lowest BCUT2D eigenvalue weighted by molar-refractivity contribution is -0.195. The van der Waals surface area contributed by atoms with Crippen molar-refractivity contribution < 1.29 is 15.3 Å². The van der Waals surface area contributed by atoms with Gasteiger partial charge < -0.3 is 15.3 Å². The summed E-state index contributed by atoms with van der Waals surface area (Å²) in [6.07, 6.45) is 8.40. The second kappa shape index (κ2) is 8.52. The highest BCUT2D eigenvalue weighted by Gasteiger charge is 2.63. The molecule has 0 aromatic heterocycles. The Morgan fingerprint density at radius 3 is 2.09 bits per heavy atom. The van der Waals surface area contributed by atoms with Crippen molar-refractivity contribution in [3.8, 4) is 0 Å². The Bertz CT molecular complexity index is 670. The summed E-state index contributed by atoms with van der Waals surface area (Å²) in [7, 11) is 0. The van der Waals surface area contributed by atoms with Crippen molar-refractivity contribution in [1.82, 2.24) is 0 Å². The smallest absolute Gasteiger partial charge is 0.0804 e. The maximum absolute atomic E-state index is 11.2. The van der Waals surface area contributed by atoms with E-state index in [0.717, 1.165) is 24.2 Å². The SMILES string of the molecule is C[C@H](CC[C@H](C)C(C)(C)C)[C@H]1CC[C@H]2[C@@H]3CC(O)C4CC(O)C(O)C[C@]4(C)[C@H]3CC[C@]12C. The van der Waals surface area contributed by atoms with E-state index in [9.17, 15) is 15.3 Å². The highest BCUT2D eigenvalue weighted by Crippen LogP contribution is 2.68. The van der Waals surface area contributed by atoms with Gasteiger partial charge in [0.25, 0.3) is 0 Å². The lowest BCUT2D eigenvalue weighted by atomic mass is 9.43. The molecule has 0 spiro atoms. The van der Waals surface area contributed by atoms with Crippen LogP contribution < -0.4 is 0 Å². The van der Waals surface area contributed by atoms with Gasteiger partial charge in [0, 0.05) is 0 Å². The molecule has 4 aliphatic rings. The molecule has 0 aliphatic heterocycles. The minimum absolute atomic E-state index is 0.0336. The fourth-order valence-electron chi connectivity index (χ4n) is 9.45. The highest BCUT2D eigenvalue weighted by atomic mass is 16.3. The standard InChI is InChI=1S/C29H52O3/c1-17(8-9-18(2)27(3,4)5)20-10-11-21-19-14-24(30)23-15-25(31)26(32)16-29(23,7)22(19)12-13-28(20,21)6/h17-26,30-32H,8-16H2,1-7H3/t17-,18+,19+,20-,21+,22+,23?,24?,25?,26?,28-,29-/m1/s1. The molecule has 4 aliphatic carbocycles. The van der Waals surface area contributed by atoms with E-state index in [2.05, 4.69) is 48.5 Å². The molecule has 12 atom stereocenters. The molecule has 0 radical (unpaired) electrons. The first-order valence-electron chi connectivity index (χ1n) is 13.8. The third-order valence-corrected chi connectivity index (χ3v) is 12.0. The van der Waals surface area contributed by atoms with Gasteiger partial charge in [0.1, 0.15) is 0 Å². The summed E-state index contributed by atoms with van der Waals surface area (Å²) in [6, 6.07) is 0. The van der Waals surface area contributed by atoms with Gasteiger partial charge in [-0.25, -0.2) is 0 Å². The van der Waals surface area contributed by atoms with Gasteiger partial charge in [-0.15, -0.1) is 0 Å². The van der Waals surface area contributed by atoms with Gasteiger partial charge in [-0.3, -0.25) is 0 Å². The molecule has 3 heteroatoms. The normalized spacial score (nSPS) is 50.8. The molecule has 32 heavy (non-hydrogen) atoms. The van der Waals surface area contributed by atoms with Crippen LogP contribution in [0.2, 0.25) is 0 Å². The van der Waals surface area contributed by atoms with Gasteiger partial charge in [0.2, 0.25) is 0 Å². The second-order valence-corrected chi connectivity index (χ2v) is 14.4. The van der Waals surface area contributed by atoms with Crippen LogP contribution >= 0.6 is 0 Å². The van der Waals surface area contributed by atoms with Crippen molar-refractivity contribution in [2.24, 2.45) is 57.7 Å². The fourth-order valence-corrected chi connectivity index (χ4v) is 9.45. The molecule has 186 valence electrons. The summed E-state index contributed by atoms with van der Waals surface area (Å²) in [6.45, 7) is 17.0. The zero-order chi connectivity index (χ0) is 23.6. The van der Waals surface area contributed by atoms with Crippen molar-refractivity contribution in [3.05, 3.63) is 0 Å². The first kappa shape index (κ1) is 25.0. The zero-order valence-electron chi connectivity index (χ0n) is 22.0. The number of rotatable bonds is 4. The minimum Gasteiger partial charge on any atom is -0.393 e. The van der Waals surface area contributed by atoms with Gasteiger partial charge in [-0.1, -0.05) is 54.9 Å². The number of aliphatic hydroxyl groups is 3. The van der Waals surface area contributed by atoms with E-state index in [4.69, 9.17) is 0 Å². The minimum atomic E-state index is -0.666. The molecule has 4 unspecified atom stereocenters. The molecule has 0 bridgehead atoms. The van der Waals surface area contributed by atoms with Crippen LogP contribution in [0.25, 0.3) is 0 Å². The summed E-state index contributed by atoms with van der Waals surface area (Å²) in [5.74, 6) is 4.36. The maximum atomic E-state index is 11.2. The number of hydrogen-bond acceptors (Lipinski definition) is 3. The van der Waals surface area contributed by atoms with Crippen LogP contribution in [0, 0.1) is 57.7 Å². The fraction of sp³-hybridized carbons (Fsp3) is 1.00. The first-order valence-corrected chi connectivity index (χ1v) is 13.8. The average molecular weight is 449 g/mol. The summed E-state index contributed by atoms with van der Waals surface area (Å²) in [5.41, 5.74) is 0.762. The largest absolute Gasteiger partial charge is 0.393 e. The third-order valence-electron chi connectivity index (χ3n) is 12.0. The van der Waals surface area contributed by atoms with Crippen LogP contribution in [0.5, 0.6) is 0 Å². The Kier molecular flexibility index (Phi) is 6.65. The van der Waals surface area contributed by atoms with Crippen molar-refractivity contribution >= 4 is 0 Å². The zero-order valence-corrected chi connectivity index (χ0v) is 22.0. The molecule has 0 aromatic rings. The van der Waals surface area contributed by atoms with Gasteiger partial charge in [0.15, 0.2) is 0 Å². The Morgan fingerprint density at radius 2 is 1.44 bits per heavy atom. The van der Waals surface area contributed by atoms with Crippen LogP contribution in [0.4, 0.5) is 0 Å². The Balaban J connectivity index is 1.50. The Morgan fingerprint density at radius 1 is 0.781 bits per heavy atom. The van der Waals surface area contributed by atoms with Crippen molar-refractivity contribution in [2.75, 3.05) is 0 Å². The quantitative estimate of drug-likeness (QED) is 0.491. The lowest BCUT2D eigenvalue weighted by Gasteiger charge is -2.62. The van der Waals surface area contributed by atoms with E-state index in [1.54, 1.807) is 0 Å². The Labute approximate surface area is 197 Å². The van der Waals surface area contributed by atoms with E-state index >= 15 is 0 Å². The number of fused-ring (bicyclic) bond motifs is 5. The van der Waals surface area contributed by atoms with Crippen LogP contribution in [0.1, 0.15) is 106 Å². The molecule has 0 amide bonds. The van der Waals surface area contributed by atoms with E-state index in [1.807, 2.05) is 0 Å². The van der Waals surface area contributed by atoms with Crippen molar-refractivity contribution in [3.63, 3.8) is 0 Å². The highest BCUT2D eigenvalue weighted by molar-refractivity contribution is 5.12. The monoisotopic (exact) mass is 448 g/mol. The van der Waals surface area contributed by atoms with E-state index < -0.39 is 12.2 Å². The number of hydrogen-bond donors (Lipinski definition) is 3. The molecular formula is C29H52O3. The summed E-state index contributed by atoms with van der Waals surface area (Å²) >= 11 is 0. The first-order chi connectivity index (χ1) is 14.8. The van der Waals surface area contributed by atoms with Gasteiger partial charge >= 0.3 is 0 Å². The molecule has 0 aromatic carbocycles. The van der Waals surface area contributed by atoms with Crippen molar-refractivity contribution in [1.29, 1.82) is 0 Å². The van der Waals surface area contributed by atoms with Crippen LogP contribution in [0.15, 0.2) is 0 Å². The molecule has 0 saturated heterocycles. The molecule has 3 N–H and O–H groups in total. The number of aliphatic hydroxyl groups excluding tert-OH is 3. The maximum Gasteiger partial charge on any atom is 0.0804 e. The lowest BCUT2D eigenvalue weighted by Crippen LogP contribution is -2.60. The van der Waals surface area contributed by atoms with Crippen LogP contribution in [-0.2, 0) is 0 Å². The van der Waals surface area contributed by atoms with Crippen LogP contribution in [0.3, 0.4) is 0 Å². The summed E-state index contributed by atoms with van der Waals surface area (Å²) in [5, 5.41) is 32.1. The summed E-state index contributed by atoms with van der Waals surface area (Å²) < 4.78 is 0. The van der Waals surface area contributed by atoms with Gasteiger partial charge in [0.05, 0.1) is 18.3 Å². The second-order valence-electron chi connectivity index (χ2n) is 14.4. The molecule has 4 rings (SSSR count). The van der Waals surface area contributed by atoms with Gasteiger partial charge in [-0.05, 0) is 109 Å². The Hall–Kier alpha value is -0.120. The predicted octanol–water partition coefficient (Wildman–Crippen LogP) is 6.05. The summed E-state index contributed by atoms with van der Waals surface area (Å²) in [4.78, 5) is 0. The molecular weight excluding hydrogens is 396 g/mol. The van der Waals surface area contributed by atoms with Gasteiger partial charge in [-0.2, -0.15) is 0 Å². The third kappa shape index (κ3) is 4.01. The topological polar surface area (TPSA) is 60.7 Å². The average Bonchev–Trinajstić information content (AvgIpc) is 3.05. The molecule has 0 heterocycles. The van der Waals surface area contributed by atoms with E-state index in [-0.39, 0.29) is 17.4 Å². The van der Waals surface area contributed by atoms with Crippen LogP contribution in [-0.4, -0.2) is 33.6 Å². The molecule has 4 fully saturated rings.